The first-order chi connectivity index (χ1) is 8.52. The Bertz CT molecular complexity index is 456. The van der Waals surface area contributed by atoms with Gasteiger partial charge in [0, 0.05) is 19.5 Å². The van der Waals surface area contributed by atoms with Gasteiger partial charge in [0.2, 0.25) is 10.0 Å². The molecule has 0 heterocycles. The van der Waals surface area contributed by atoms with Crippen molar-refractivity contribution in [1.82, 2.24) is 4.31 Å². The van der Waals surface area contributed by atoms with E-state index in [4.69, 9.17) is 11.6 Å². The summed E-state index contributed by atoms with van der Waals surface area (Å²) in [6.45, 7) is 2.50. The van der Waals surface area contributed by atoms with Gasteiger partial charge >= 0.3 is 0 Å². The Kier molecular flexibility index (Phi) is 6.12. The van der Waals surface area contributed by atoms with Gasteiger partial charge in [-0.1, -0.05) is 19.1 Å². The lowest BCUT2D eigenvalue weighted by molar-refractivity contribution is 0.468. The normalized spacial score (nSPS) is 12.0. The molecule has 0 bridgehead atoms. The molecule has 0 saturated heterocycles. The van der Waals surface area contributed by atoms with E-state index < -0.39 is 10.0 Å². The van der Waals surface area contributed by atoms with Crippen LogP contribution in [0.1, 0.15) is 25.3 Å². The first-order valence-electron chi connectivity index (χ1n) is 6.13. The molecule has 0 atom stereocenters. The van der Waals surface area contributed by atoms with E-state index in [9.17, 15) is 8.42 Å². The second-order valence-electron chi connectivity index (χ2n) is 4.26. The van der Waals surface area contributed by atoms with Crippen molar-refractivity contribution >= 4 is 21.6 Å². The molecule has 18 heavy (non-hydrogen) atoms. The van der Waals surface area contributed by atoms with Crippen molar-refractivity contribution in [1.29, 1.82) is 0 Å². The van der Waals surface area contributed by atoms with Gasteiger partial charge in [0.1, 0.15) is 0 Å². The van der Waals surface area contributed by atoms with Crippen molar-refractivity contribution in [2.24, 2.45) is 0 Å². The van der Waals surface area contributed by atoms with Crippen molar-refractivity contribution in [3.05, 3.63) is 29.8 Å². The van der Waals surface area contributed by atoms with Crippen LogP contribution in [-0.4, -0.2) is 32.2 Å². The molecule has 0 aromatic heterocycles. The summed E-state index contributed by atoms with van der Waals surface area (Å²) in [5, 5.41) is 0. The van der Waals surface area contributed by atoms with E-state index in [0.29, 0.717) is 17.3 Å². The number of halogens is 1. The minimum Gasteiger partial charge on any atom is -0.207 e. The SMILES string of the molecule is CCCN(C)S(=O)(=O)c1ccc(CCCCl)cc1. The Hall–Kier alpha value is -0.580. The minimum absolute atomic E-state index is 0.355. The molecule has 102 valence electrons. The zero-order valence-electron chi connectivity index (χ0n) is 10.9. The number of rotatable bonds is 7. The Balaban J connectivity index is 2.84. The van der Waals surface area contributed by atoms with E-state index >= 15 is 0 Å². The molecule has 1 rings (SSSR count). The quantitative estimate of drug-likeness (QED) is 0.724. The average Bonchev–Trinajstić information content (AvgIpc) is 2.37. The van der Waals surface area contributed by atoms with Gasteiger partial charge in [0.15, 0.2) is 0 Å². The van der Waals surface area contributed by atoms with Crippen LogP contribution in [0, 0.1) is 0 Å². The van der Waals surface area contributed by atoms with E-state index in [1.54, 1.807) is 19.2 Å². The molecule has 0 radical (unpaired) electrons. The van der Waals surface area contributed by atoms with Crippen molar-refractivity contribution in [2.45, 2.75) is 31.1 Å². The highest BCUT2D eigenvalue weighted by molar-refractivity contribution is 7.89. The maximum atomic E-state index is 12.2. The molecular weight excluding hydrogens is 270 g/mol. The molecular formula is C13H20ClNO2S. The van der Waals surface area contributed by atoms with Crippen LogP contribution >= 0.6 is 11.6 Å². The molecule has 0 saturated carbocycles. The molecule has 0 amide bonds. The highest BCUT2D eigenvalue weighted by atomic mass is 35.5. The highest BCUT2D eigenvalue weighted by Crippen LogP contribution is 2.16. The maximum absolute atomic E-state index is 12.2. The van der Waals surface area contributed by atoms with Gasteiger partial charge in [0.05, 0.1) is 4.90 Å². The molecule has 5 heteroatoms. The van der Waals surface area contributed by atoms with Gasteiger partial charge in [-0.15, -0.1) is 11.6 Å². The summed E-state index contributed by atoms with van der Waals surface area (Å²) in [6, 6.07) is 7.06. The first-order valence-corrected chi connectivity index (χ1v) is 8.11. The Labute approximate surface area is 115 Å². The number of sulfonamides is 1. The standard InChI is InChI=1S/C13H20ClNO2S/c1-3-11-15(2)18(16,17)13-8-6-12(7-9-13)5-4-10-14/h6-9H,3-5,10-11H2,1-2H3. The minimum atomic E-state index is -3.33. The van der Waals surface area contributed by atoms with Crippen LogP contribution in [0.5, 0.6) is 0 Å². The zero-order chi connectivity index (χ0) is 13.6. The summed E-state index contributed by atoms with van der Waals surface area (Å²) in [4.78, 5) is 0.355. The molecule has 0 aliphatic heterocycles. The van der Waals surface area contributed by atoms with Crippen LogP contribution in [-0.2, 0) is 16.4 Å². The maximum Gasteiger partial charge on any atom is 0.242 e. The van der Waals surface area contributed by atoms with Crippen LogP contribution < -0.4 is 0 Å². The molecule has 0 unspecified atom stereocenters. The topological polar surface area (TPSA) is 37.4 Å². The Morgan fingerprint density at radius 3 is 2.33 bits per heavy atom. The van der Waals surface area contributed by atoms with Gasteiger partial charge in [-0.3, -0.25) is 0 Å². The van der Waals surface area contributed by atoms with Crippen LogP contribution in [0.2, 0.25) is 0 Å². The van der Waals surface area contributed by atoms with E-state index in [1.165, 1.54) is 4.31 Å². The Morgan fingerprint density at radius 1 is 1.22 bits per heavy atom. The van der Waals surface area contributed by atoms with Gasteiger partial charge in [0.25, 0.3) is 0 Å². The monoisotopic (exact) mass is 289 g/mol. The van der Waals surface area contributed by atoms with Crippen LogP contribution in [0.4, 0.5) is 0 Å². The lowest BCUT2D eigenvalue weighted by atomic mass is 10.1. The lowest BCUT2D eigenvalue weighted by Crippen LogP contribution is -2.27. The Morgan fingerprint density at radius 2 is 1.83 bits per heavy atom. The van der Waals surface area contributed by atoms with Crippen molar-refractivity contribution in [3.8, 4) is 0 Å². The predicted molar refractivity (Wildman–Crippen MR) is 75.6 cm³/mol. The molecule has 0 spiro atoms. The zero-order valence-corrected chi connectivity index (χ0v) is 12.5. The molecule has 0 fully saturated rings. The van der Waals surface area contributed by atoms with Gasteiger partial charge in [-0.05, 0) is 37.0 Å². The third-order valence-corrected chi connectivity index (χ3v) is 4.91. The molecule has 0 N–H and O–H groups in total. The number of alkyl halides is 1. The van der Waals surface area contributed by atoms with Gasteiger partial charge < -0.3 is 0 Å². The fourth-order valence-corrected chi connectivity index (χ4v) is 3.11. The summed E-state index contributed by atoms with van der Waals surface area (Å²) in [5.74, 6) is 0.624. The summed E-state index contributed by atoms with van der Waals surface area (Å²) >= 11 is 5.63. The molecule has 0 aliphatic rings. The number of hydrogen-bond donors (Lipinski definition) is 0. The van der Waals surface area contributed by atoms with Crippen LogP contribution in [0.15, 0.2) is 29.2 Å². The number of hydrogen-bond acceptors (Lipinski definition) is 2. The number of aryl methyl sites for hydroxylation is 1. The van der Waals surface area contributed by atoms with Crippen molar-refractivity contribution in [2.75, 3.05) is 19.5 Å². The van der Waals surface area contributed by atoms with Gasteiger partial charge in [-0.2, -0.15) is 0 Å². The summed E-state index contributed by atoms with van der Waals surface area (Å²) < 4.78 is 25.7. The van der Waals surface area contributed by atoms with Crippen molar-refractivity contribution < 1.29 is 8.42 Å². The molecule has 1 aromatic carbocycles. The van der Waals surface area contributed by atoms with Crippen LogP contribution in [0.3, 0.4) is 0 Å². The number of benzene rings is 1. The third-order valence-electron chi connectivity index (χ3n) is 2.77. The smallest absolute Gasteiger partial charge is 0.207 e. The second-order valence-corrected chi connectivity index (χ2v) is 6.69. The second kappa shape index (κ2) is 7.12. The van der Waals surface area contributed by atoms with Gasteiger partial charge in [-0.25, -0.2) is 12.7 Å². The molecule has 0 aliphatic carbocycles. The predicted octanol–water partition coefficient (Wildman–Crippen LogP) is 2.89. The summed E-state index contributed by atoms with van der Waals surface area (Å²) in [6.07, 6.45) is 2.60. The van der Waals surface area contributed by atoms with E-state index in [1.807, 2.05) is 19.1 Å². The third kappa shape index (κ3) is 3.97. The fourth-order valence-electron chi connectivity index (χ4n) is 1.71. The van der Waals surface area contributed by atoms with Crippen molar-refractivity contribution in [3.63, 3.8) is 0 Å². The first kappa shape index (κ1) is 15.5. The largest absolute Gasteiger partial charge is 0.242 e. The molecule has 3 nitrogen and oxygen atoms in total. The lowest BCUT2D eigenvalue weighted by Gasteiger charge is -2.16. The highest BCUT2D eigenvalue weighted by Gasteiger charge is 2.19. The van der Waals surface area contributed by atoms with E-state index in [2.05, 4.69) is 0 Å². The summed E-state index contributed by atoms with van der Waals surface area (Å²) in [7, 11) is -1.72. The average molecular weight is 290 g/mol. The van der Waals surface area contributed by atoms with E-state index in [-0.39, 0.29) is 0 Å². The summed E-state index contributed by atoms with van der Waals surface area (Å²) in [5.41, 5.74) is 1.12. The number of nitrogens with zero attached hydrogens (tertiary/aromatic N) is 1. The fraction of sp³-hybridized carbons (Fsp3) is 0.538. The van der Waals surface area contributed by atoms with Crippen LogP contribution in [0.25, 0.3) is 0 Å². The van der Waals surface area contributed by atoms with E-state index in [0.717, 1.165) is 24.8 Å². The molecule has 1 aromatic rings.